The first-order chi connectivity index (χ1) is 5.29. The molecule has 0 atom stereocenters. The van der Waals surface area contributed by atoms with Crippen molar-refractivity contribution in [1.29, 1.82) is 0 Å². The van der Waals surface area contributed by atoms with E-state index in [-0.39, 0.29) is 0 Å². The molecule has 3 heteroatoms. The highest BCUT2D eigenvalue weighted by molar-refractivity contribution is 4.89. The normalized spacial score (nSPS) is 20.3. The average Bonchev–Trinajstić information content (AvgIpc) is 2.39. The average molecular weight is 155 g/mol. The van der Waals surface area contributed by atoms with Crippen LogP contribution in [0.25, 0.3) is 0 Å². The Morgan fingerprint density at radius 3 is 2.45 bits per heavy atom. The van der Waals surface area contributed by atoms with Crippen molar-refractivity contribution in [2.45, 2.75) is 32.0 Å². The minimum absolute atomic E-state index is 0.423. The molecule has 11 heavy (non-hydrogen) atoms. The molecule has 5 N–H and O–H groups in total. The smallest absolute Gasteiger partial charge is 0.126 e. The van der Waals surface area contributed by atoms with Gasteiger partial charge < -0.3 is 5.32 Å². The number of hydrogen-bond donors (Lipinski definition) is 3. The molecule has 0 aromatic heterocycles. The van der Waals surface area contributed by atoms with Gasteiger partial charge in [-0.1, -0.05) is 18.9 Å². The van der Waals surface area contributed by atoms with Crippen LogP contribution in [0.1, 0.15) is 25.7 Å². The predicted octanol–water partition coefficient (Wildman–Crippen LogP) is 0.481. The Labute approximate surface area is 67.8 Å². The minimum atomic E-state index is -0.423. The molecule has 1 aliphatic rings. The van der Waals surface area contributed by atoms with E-state index in [2.05, 4.69) is 11.4 Å². The van der Waals surface area contributed by atoms with Gasteiger partial charge in [0.1, 0.15) is 6.29 Å². The van der Waals surface area contributed by atoms with E-state index in [9.17, 15) is 0 Å². The van der Waals surface area contributed by atoms with Crippen LogP contribution in [0.4, 0.5) is 0 Å². The van der Waals surface area contributed by atoms with Gasteiger partial charge >= 0.3 is 0 Å². The summed E-state index contributed by atoms with van der Waals surface area (Å²) in [7, 11) is 0. The molecule has 3 nitrogen and oxygen atoms in total. The lowest BCUT2D eigenvalue weighted by Gasteiger charge is -2.05. The van der Waals surface area contributed by atoms with E-state index >= 15 is 0 Å². The van der Waals surface area contributed by atoms with E-state index in [0.717, 1.165) is 5.92 Å². The van der Waals surface area contributed by atoms with Crippen LogP contribution in [-0.4, -0.2) is 6.29 Å². The highest BCUT2D eigenvalue weighted by atomic mass is 15.1. The summed E-state index contributed by atoms with van der Waals surface area (Å²) in [4.78, 5) is 0. The van der Waals surface area contributed by atoms with Crippen molar-refractivity contribution >= 4 is 0 Å². The second-order valence-electron chi connectivity index (χ2n) is 3.10. The molecule has 0 bridgehead atoms. The molecule has 1 rings (SSSR count). The molecule has 0 amide bonds. The molecule has 0 unspecified atom stereocenters. The highest BCUT2D eigenvalue weighted by Gasteiger charge is 2.10. The molecule has 0 heterocycles. The Balaban J connectivity index is 2.12. The Hall–Kier alpha value is -0.540. The lowest BCUT2D eigenvalue weighted by atomic mass is 10.1. The van der Waals surface area contributed by atoms with E-state index in [1.165, 1.54) is 25.7 Å². The zero-order valence-corrected chi connectivity index (χ0v) is 6.79. The van der Waals surface area contributed by atoms with Crippen molar-refractivity contribution in [1.82, 2.24) is 5.32 Å². The van der Waals surface area contributed by atoms with Crippen molar-refractivity contribution in [3.63, 3.8) is 0 Å². The maximum absolute atomic E-state index is 5.29. The van der Waals surface area contributed by atoms with Crippen LogP contribution in [0.2, 0.25) is 0 Å². The van der Waals surface area contributed by atoms with Crippen molar-refractivity contribution < 1.29 is 0 Å². The number of nitrogens with one attached hydrogen (secondary N) is 1. The van der Waals surface area contributed by atoms with E-state index in [1.54, 1.807) is 0 Å². The summed E-state index contributed by atoms with van der Waals surface area (Å²) in [6.45, 7) is 0. The second kappa shape index (κ2) is 4.36. The third kappa shape index (κ3) is 3.39. The van der Waals surface area contributed by atoms with E-state index in [0.29, 0.717) is 0 Å². The van der Waals surface area contributed by atoms with Crippen LogP contribution in [0.5, 0.6) is 0 Å². The van der Waals surface area contributed by atoms with Crippen LogP contribution in [0.15, 0.2) is 12.3 Å². The first-order valence-electron chi connectivity index (χ1n) is 4.23. The predicted molar refractivity (Wildman–Crippen MR) is 46.4 cm³/mol. The quantitative estimate of drug-likeness (QED) is 0.519. The summed E-state index contributed by atoms with van der Waals surface area (Å²) < 4.78 is 0. The zero-order chi connectivity index (χ0) is 8.10. The molecular weight excluding hydrogens is 138 g/mol. The fourth-order valence-electron chi connectivity index (χ4n) is 1.45. The van der Waals surface area contributed by atoms with Gasteiger partial charge in [-0.2, -0.15) is 0 Å². The number of rotatable bonds is 3. The fraction of sp³-hybridized carbons (Fsp3) is 0.750. The van der Waals surface area contributed by atoms with Crippen LogP contribution in [-0.2, 0) is 0 Å². The van der Waals surface area contributed by atoms with Gasteiger partial charge in [0.2, 0.25) is 0 Å². The Morgan fingerprint density at radius 1 is 1.27 bits per heavy atom. The molecular formula is C8H17N3. The first-order valence-corrected chi connectivity index (χ1v) is 4.23. The second-order valence-corrected chi connectivity index (χ2v) is 3.10. The first kappa shape index (κ1) is 8.56. The summed E-state index contributed by atoms with van der Waals surface area (Å²) in [5, 5.41) is 2.85. The highest BCUT2D eigenvalue weighted by Crippen LogP contribution is 2.25. The zero-order valence-electron chi connectivity index (χ0n) is 6.79. The maximum Gasteiger partial charge on any atom is 0.126 e. The van der Waals surface area contributed by atoms with E-state index in [1.807, 2.05) is 6.20 Å². The van der Waals surface area contributed by atoms with Gasteiger partial charge in [-0.25, -0.2) is 0 Å². The van der Waals surface area contributed by atoms with Gasteiger partial charge in [0.05, 0.1) is 0 Å². The van der Waals surface area contributed by atoms with Crippen LogP contribution < -0.4 is 16.8 Å². The van der Waals surface area contributed by atoms with E-state index < -0.39 is 6.29 Å². The van der Waals surface area contributed by atoms with Crippen LogP contribution >= 0.6 is 0 Å². The molecule has 0 aliphatic heterocycles. The Bertz CT molecular complexity index is 125. The topological polar surface area (TPSA) is 64.1 Å². The summed E-state index contributed by atoms with van der Waals surface area (Å²) in [6, 6.07) is 0. The number of hydrogen-bond acceptors (Lipinski definition) is 3. The molecule has 0 aromatic carbocycles. The molecule has 0 saturated heterocycles. The summed E-state index contributed by atoms with van der Waals surface area (Å²) in [5.41, 5.74) is 10.6. The number of allylic oxidation sites excluding steroid dienone is 1. The Morgan fingerprint density at radius 2 is 1.91 bits per heavy atom. The van der Waals surface area contributed by atoms with E-state index in [4.69, 9.17) is 11.5 Å². The minimum Gasteiger partial charge on any atom is -0.364 e. The number of nitrogens with two attached hydrogens (primary N) is 2. The van der Waals surface area contributed by atoms with Crippen molar-refractivity contribution in [3.05, 3.63) is 12.3 Å². The molecule has 1 fully saturated rings. The monoisotopic (exact) mass is 155 g/mol. The molecule has 0 aromatic rings. The molecule has 0 spiro atoms. The van der Waals surface area contributed by atoms with Crippen molar-refractivity contribution in [3.8, 4) is 0 Å². The SMILES string of the molecule is NC(N)N/C=C\C1CCCC1. The summed E-state index contributed by atoms with van der Waals surface area (Å²) in [6.07, 6.45) is 8.98. The molecule has 64 valence electrons. The lowest BCUT2D eigenvalue weighted by molar-refractivity contribution is 0.623. The molecule has 1 saturated carbocycles. The van der Waals surface area contributed by atoms with Gasteiger partial charge in [0.15, 0.2) is 0 Å². The Kier molecular flexibility index (Phi) is 3.39. The van der Waals surface area contributed by atoms with Crippen molar-refractivity contribution in [2.75, 3.05) is 0 Å². The fourth-order valence-corrected chi connectivity index (χ4v) is 1.45. The summed E-state index contributed by atoms with van der Waals surface area (Å²) in [5.74, 6) is 0.751. The van der Waals surface area contributed by atoms with Crippen LogP contribution in [0.3, 0.4) is 0 Å². The van der Waals surface area contributed by atoms with Gasteiger partial charge in [-0.05, 0) is 25.0 Å². The van der Waals surface area contributed by atoms with Crippen LogP contribution in [0, 0.1) is 5.92 Å². The van der Waals surface area contributed by atoms with Gasteiger partial charge in [-0.3, -0.25) is 11.5 Å². The molecule has 0 radical (unpaired) electrons. The van der Waals surface area contributed by atoms with Gasteiger partial charge in [-0.15, -0.1) is 0 Å². The summed E-state index contributed by atoms with van der Waals surface area (Å²) >= 11 is 0. The lowest BCUT2D eigenvalue weighted by Crippen LogP contribution is -2.42. The molecule has 1 aliphatic carbocycles. The third-order valence-corrected chi connectivity index (χ3v) is 2.06. The maximum atomic E-state index is 5.29. The standard InChI is InChI=1S/C8H17N3/c9-8(10)11-6-5-7-3-1-2-4-7/h5-8,11H,1-4,9-10H2/b6-5-. The largest absolute Gasteiger partial charge is 0.364 e. The van der Waals surface area contributed by atoms with Gasteiger partial charge in [0.25, 0.3) is 0 Å². The third-order valence-electron chi connectivity index (χ3n) is 2.06. The van der Waals surface area contributed by atoms with Gasteiger partial charge in [0, 0.05) is 0 Å². The van der Waals surface area contributed by atoms with Crippen molar-refractivity contribution in [2.24, 2.45) is 17.4 Å².